The van der Waals surface area contributed by atoms with Crippen LogP contribution in [0.1, 0.15) is 6.92 Å². The summed E-state index contributed by atoms with van der Waals surface area (Å²) in [4.78, 5) is 11.4. The molecule has 0 spiro atoms. The highest BCUT2D eigenvalue weighted by Gasteiger charge is 2.27. The van der Waals surface area contributed by atoms with E-state index in [2.05, 4.69) is 25.2 Å². The predicted octanol–water partition coefficient (Wildman–Crippen LogP) is 2.17. The highest BCUT2D eigenvalue weighted by Crippen LogP contribution is 2.10. The summed E-state index contributed by atoms with van der Waals surface area (Å²) >= 11 is 0. The van der Waals surface area contributed by atoms with E-state index >= 15 is 0 Å². The van der Waals surface area contributed by atoms with Gasteiger partial charge in [-0.1, -0.05) is 48.6 Å². The van der Waals surface area contributed by atoms with Crippen LogP contribution in [0.3, 0.4) is 0 Å². The standard InChI is InChI=1S/C12H18O2Si/c1-4-14-12(13)10-15(2,3)11-8-6-5-7-9-11/h5-9H,4,10H2,1-3H3. The van der Waals surface area contributed by atoms with Crippen LogP contribution < -0.4 is 5.19 Å². The zero-order valence-electron chi connectivity index (χ0n) is 9.62. The van der Waals surface area contributed by atoms with Gasteiger partial charge in [-0.25, -0.2) is 0 Å². The van der Waals surface area contributed by atoms with Gasteiger partial charge in [0.05, 0.1) is 14.7 Å². The molecule has 1 rings (SSSR count). The average molecular weight is 222 g/mol. The number of benzene rings is 1. The van der Waals surface area contributed by atoms with Crippen molar-refractivity contribution < 1.29 is 9.53 Å². The Kier molecular flexibility index (Phi) is 4.09. The van der Waals surface area contributed by atoms with Crippen molar-refractivity contribution in [2.24, 2.45) is 0 Å². The molecule has 0 heterocycles. The lowest BCUT2D eigenvalue weighted by molar-refractivity contribution is -0.140. The molecular formula is C12H18O2Si. The maximum absolute atomic E-state index is 11.4. The minimum Gasteiger partial charge on any atom is -0.466 e. The third kappa shape index (κ3) is 3.51. The Morgan fingerprint density at radius 2 is 1.87 bits per heavy atom. The van der Waals surface area contributed by atoms with Crippen LogP contribution in [0.2, 0.25) is 19.1 Å². The fourth-order valence-corrected chi connectivity index (χ4v) is 3.69. The summed E-state index contributed by atoms with van der Waals surface area (Å²) in [5.41, 5.74) is 0. The van der Waals surface area contributed by atoms with Crippen LogP contribution >= 0.6 is 0 Å². The van der Waals surface area contributed by atoms with Gasteiger partial charge in [-0.2, -0.15) is 0 Å². The molecule has 0 atom stereocenters. The smallest absolute Gasteiger partial charge is 0.303 e. The van der Waals surface area contributed by atoms with E-state index in [4.69, 9.17) is 4.74 Å². The van der Waals surface area contributed by atoms with Gasteiger partial charge in [0.2, 0.25) is 0 Å². The molecule has 1 aromatic rings. The molecule has 0 saturated carbocycles. The van der Waals surface area contributed by atoms with E-state index in [1.165, 1.54) is 5.19 Å². The molecule has 0 aliphatic heterocycles. The van der Waals surface area contributed by atoms with Gasteiger partial charge < -0.3 is 4.74 Å². The number of carbonyl (C=O) groups is 1. The SMILES string of the molecule is CCOC(=O)C[Si](C)(C)c1ccccc1. The molecule has 0 saturated heterocycles. The van der Waals surface area contributed by atoms with Crippen LogP contribution in [0.25, 0.3) is 0 Å². The van der Waals surface area contributed by atoms with Gasteiger partial charge in [0, 0.05) is 6.04 Å². The number of rotatable bonds is 4. The summed E-state index contributed by atoms with van der Waals surface area (Å²) in [7, 11) is -1.65. The molecule has 0 N–H and O–H groups in total. The summed E-state index contributed by atoms with van der Waals surface area (Å²) in [6.45, 7) is 6.70. The van der Waals surface area contributed by atoms with Gasteiger partial charge >= 0.3 is 5.97 Å². The van der Waals surface area contributed by atoms with Gasteiger partial charge in [-0.05, 0) is 6.92 Å². The third-order valence-corrected chi connectivity index (χ3v) is 5.52. The molecule has 0 aliphatic carbocycles. The van der Waals surface area contributed by atoms with E-state index in [1.54, 1.807) is 0 Å². The fourth-order valence-electron chi connectivity index (χ4n) is 1.56. The zero-order valence-corrected chi connectivity index (χ0v) is 10.6. The molecule has 0 fully saturated rings. The first-order valence-electron chi connectivity index (χ1n) is 5.27. The van der Waals surface area contributed by atoms with Crippen molar-refractivity contribution in [1.29, 1.82) is 0 Å². The first-order chi connectivity index (χ1) is 7.06. The quantitative estimate of drug-likeness (QED) is 0.576. The Labute approximate surface area is 92.3 Å². The van der Waals surface area contributed by atoms with E-state index in [9.17, 15) is 4.79 Å². The first-order valence-corrected chi connectivity index (χ1v) is 8.48. The van der Waals surface area contributed by atoms with Crippen molar-refractivity contribution in [3.05, 3.63) is 30.3 Å². The number of carbonyl (C=O) groups excluding carboxylic acids is 1. The lowest BCUT2D eigenvalue weighted by Gasteiger charge is -2.21. The highest BCUT2D eigenvalue weighted by atomic mass is 28.3. The summed E-state index contributed by atoms with van der Waals surface area (Å²) in [6.07, 6.45) is 0. The molecule has 0 amide bonds. The molecule has 3 heteroatoms. The normalized spacial score (nSPS) is 11.1. The average Bonchev–Trinajstić information content (AvgIpc) is 2.18. The maximum Gasteiger partial charge on any atom is 0.303 e. The van der Waals surface area contributed by atoms with Crippen molar-refractivity contribution in [3.63, 3.8) is 0 Å². The Morgan fingerprint density at radius 1 is 1.27 bits per heavy atom. The van der Waals surface area contributed by atoms with E-state index in [1.807, 2.05) is 25.1 Å². The zero-order chi connectivity index (χ0) is 11.3. The van der Waals surface area contributed by atoms with Crippen molar-refractivity contribution in [2.45, 2.75) is 26.1 Å². The van der Waals surface area contributed by atoms with E-state index in [0.717, 1.165) is 0 Å². The second-order valence-corrected chi connectivity index (χ2v) is 8.93. The molecule has 0 aromatic heterocycles. The predicted molar refractivity (Wildman–Crippen MR) is 65.0 cm³/mol. The van der Waals surface area contributed by atoms with Gasteiger partial charge in [0.1, 0.15) is 0 Å². The third-order valence-electron chi connectivity index (χ3n) is 2.45. The van der Waals surface area contributed by atoms with Gasteiger partial charge in [0.25, 0.3) is 0 Å². The summed E-state index contributed by atoms with van der Waals surface area (Å²) in [6, 6.07) is 10.8. The van der Waals surface area contributed by atoms with E-state index < -0.39 is 8.07 Å². The number of esters is 1. The lowest BCUT2D eigenvalue weighted by Crippen LogP contribution is -2.43. The van der Waals surface area contributed by atoms with Crippen molar-refractivity contribution >= 4 is 19.2 Å². The summed E-state index contributed by atoms with van der Waals surface area (Å²) in [5.74, 6) is -0.0713. The largest absolute Gasteiger partial charge is 0.466 e. The van der Waals surface area contributed by atoms with Crippen molar-refractivity contribution in [2.75, 3.05) is 6.61 Å². The molecule has 15 heavy (non-hydrogen) atoms. The van der Waals surface area contributed by atoms with Crippen LogP contribution in [-0.2, 0) is 9.53 Å². The van der Waals surface area contributed by atoms with Crippen LogP contribution in [0.5, 0.6) is 0 Å². The molecule has 0 radical (unpaired) electrons. The molecule has 0 aliphatic rings. The Balaban J connectivity index is 2.71. The van der Waals surface area contributed by atoms with Gasteiger partial charge in [0.15, 0.2) is 0 Å². The molecule has 2 nitrogen and oxygen atoms in total. The molecule has 0 bridgehead atoms. The summed E-state index contributed by atoms with van der Waals surface area (Å²) < 4.78 is 5.00. The van der Waals surface area contributed by atoms with Crippen molar-refractivity contribution in [3.8, 4) is 0 Å². The van der Waals surface area contributed by atoms with Crippen LogP contribution in [0.15, 0.2) is 30.3 Å². The van der Waals surface area contributed by atoms with Crippen LogP contribution in [0, 0.1) is 0 Å². The topological polar surface area (TPSA) is 26.3 Å². The Hall–Kier alpha value is -1.09. The number of hydrogen-bond acceptors (Lipinski definition) is 2. The monoisotopic (exact) mass is 222 g/mol. The Morgan fingerprint density at radius 3 is 2.40 bits per heavy atom. The number of hydrogen-bond donors (Lipinski definition) is 0. The summed E-state index contributed by atoms with van der Waals surface area (Å²) in [5, 5.41) is 1.30. The minimum absolute atomic E-state index is 0.0713. The van der Waals surface area contributed by atoms with E-state index in [0.29, 0.717) is 12.7 Å². The minimum atomic E-state index is -1.65. The fraction of sp³-hybridized carbons (Fsp3) is 0.417. The lowest BCUT2D eigenvalue weighted by atomic mass is 10.4. The van der Waals surface area contributed by atoms with E-state index in [-0.39, 0.29) is 5.97 Å². The molecular weight excluding hydrogens is 204 g/mol. The second kappa shape index (κ2) is 5.12. The van der Waals surface area contributed by atoms with Crippen molar-refractivity contribution in [1.82, 2.24) is 0 Å². The maximum atomic E-state index is 11.4. The molecule has 0 unspecified atom stereocenters. The van der Waals surface area contributed by atoms with Gasteiger partial charge in [-0.3, -0.25) is 4.79 Å². The highest BCUT2D eigenvalue weighted by molar-refractivity contribution is 6.91. The van der Waals surface area contributed by atoms with Crippen LogP contribution in [0.4, 0.5) is 0 Å². The molecule has 82 valence electrons. The van der Waals surface area contributed by atoms with Crippen LogP contribution in [-0.4, -0.2) is 20.7 Å². The second-order valence-electron chi connectivity index (χ2n) is 4.23. The molecule has 1 aromatic carbocycles. The Bertz CT molecular complexity index is 320. The number of ether oxygens (including phenoxy) is 1. The van der Waals surface area contributed by atoms with Gasteiger partial charge in [-0.15, -0.1) is 0 Å². The first kappa shape index (κ1) is 12.0.